The number of carbonyl (C=O) groups is 2. The van der Waals surface area contributed by atoms with Gasteiger partial charge in [0, 0.05) is 0 Å². The van der Waals surface area contributed by atoms with E-state index in [2.05, 4.69) is 17.9 Å². The van der Waals surface area contributed by atoms with Gasteiger partial charge in [-0.05, 0) is 12.0 Å². The smallest absolute Gasteiger partial charge is 0.322 e. The third kappa shape index (κ3) is 4.35. The minimum atomic E-state index is -1.06. The Balaban J connectivity index is 2.43. The summed E-state index contributed by atoms with van der Waals surface area (Å²) in [6.45, 7) is -0.370. The molecule has 1 unspecified atom stereocenters. The van der Waals surface area contributed by atoms with Crippen molar-refractivity contribution in [2.45, 2.75) is 11.7 Å². The number of hydrogen-bond acceptors (Lipinski definition) is 3. The molecule has 0 saturated heterocycles. The van der Waals surface area contributed by atoms with Gasteiger partial charge in [0.15, 0.2) is 0 Å². The van der Waals surface area contributed by atoms with E-state index in [1.54, 1.807) is 0 Å². The zero-order valence-corrected chi connectivity index (χ0v) is 9.48. The van der Waals surface area contributed by atoms with Crippen LogP contribution in [0.2, 0.25) is 0 Å². The van der Waals surface area contributed by atoms with Gasteiger partial charge >= 0.3 is 5.97 Å². The molecule has 1 rings (SSSR count). The van der Waals surface area contributed by atoms with Gasteiger partial charge in [0.05, 0.1) is 5.25 Å². The minimum absolute atomic E-state index is 0.366. The van der Waals surface area contributed by atoms with Crippen molar-refractivity contribution in [2.75, 3.05) is 6.54 Å². The first-order chi connectivity index (χ1) is 7.59. The highest BCUT2D eigenvalue weighted by molar-refractivity contribution is 7.81. The maximum atomic E-state index is 11.4. The van der Waals surface area contributed by atoms with Crippen LogP contribution in [0.3, 0.4) is 0 Å². The number of carboxylic acid groups (broad SMARTS) is 1. The number of aliphatic carboxylic acids is 1. The Bertz CT molecular complexity index is 367. The molecular weight excluding hydrogens is 226 g/mol. The van der Waals surface area contributed by atoms with Gasteiger partial charge in [0.25, 0.3) is 0 Å². The molecule has 5 heteroatoms. The maximum absolute atomic E-state index is 11.4. The van der Waals surface area contributed by atoms with Gasteiger partial charge in [-0.15, -0.1) is 0 Å². The molecule has 2 N–H and O–H groups in total. The largest absolute Gasteiger partial charge is 0.480 e. The number of hydrogen-bond donors (Lipinski definition) is 3. The molecule has 0 aliphatic carbocycles. The summed E-state index contributed by atoms with van der Waals surface area (Å²) in [5.41, 5.74) is 0.993. The van der Waals surface area contributed by atoms with Crippen molar-refractivity contribution < 1.29 is 14.7 Å². The Morgan fingerprint density at radius 3 is 2.50 bits per heavy atom. The monoisotopic (exact) mass is 239 g/mol. The van der Waals surface area contributed by atoms with Crippen molar-refractivity contribution in [1.29, 1.82) is 0 Å². The van der Waals surface area contributed by atoms with Gasteiger partial charge in [-0.2, -0.15) is 12.6 Å². The molecule has 16 heavy (non-hydrogen) atoms. The predicted octanol–water partition coefficient (Wildman–Crippen LogP) is 0.728. The lowest BCUT2D eigenvalue weighted by atomic mass is 10.1. The van der Waals surface area contributed by atoms with Crippen molar-refractivity contribution in [3.05, 3.63) is 35.9 Å². The molecule has 0 fully saturated rings. The van der Waals surface area contributed by atoms with E-state index in [9.17, 15) is 9.59 Å². The van der Waals surface area contributed by atoms with Gasteiger partial charge in [0.1, 0.15) is 6.54 Å². The molecule has 0 heterocycles. The van der Waals surface area contributed by atoms with Crippen molar-refractivity contribution in [3.8, 4) is 0 Å². The van der Waals surface area contributed by atoms with E-state index >= 15 is 0 Å². The first-order valence-corrected chi connectivity index (χ1v) is 5.32. The Kier molecular flexibility index (Phi) is 4.85. The van der Waals surface area contributed by atoms with Crippen LogP contribution in [0.25, 0.3) is 0 Å². The molecule has 0 radical (unpaired) electrons. The van der Waals surface area contributed by atoms with Crippen molar-refractivity contribution in [2.24, 2.45) is 0 Å². The third-order valence-electron chi connectivity index (χ3n) is 1.99. The summed E-state index contributed by atoms with van der Waals surface area (Å²) in [5.74, 6) is -1.43. The van der Waals surface area contributed by atoms with E-state index in [0.717, 1.165) is 5.56 Å². The standard InChI is InChI=1S/C11H13NO3S/c13-10(14)7-12-11(15)9(16)6-8-4-2-1-3-5-8/h1-5,9,16H,6-7H2,(H,12,15)(H,13,14). The van der Waals surface area contributed by atoms with Gasteiger partial charge < -0.3 is 10.4 Å². The van der Waals surface area contributed by atoms with Gasteiger partial charge in [0.2, 0.25) is 5.91 Å². The molecule has 0 aromatic heterocycles. The minimum Gasteiger partial charge on any atom is -0.480 e. The first kappa shape index (κ1) is 12.6. The molecule has 86 valence electrons. The Hall–Kier alpha value is -1.49. The topological polar surface area (TPSA) is 66.4 Å². The van der Waals surface area contributed by atoms with Crippen LogP contribution < -0.4 is 5.32 Å². The second-order valence-corrected chi connectivity index (χ2v) is 3.94. The molecular formula is C11H13NO3S. The third-order valence-corrected chi connectivity index (χ3v) is 2.41. The molecule has 1 atom stereocenters. The van der Waals surface area contributed by atoms with Crippen LogP contribution in [0, 0.1) is 0 Å². The predicted molar refractivity (Wildman–Crippen MR) is 63.6 cm³/mol. The van der Waals surface area contributed by atoms with Crippen LogP contribution in [-0.4, -0.2) is 28.8 Å². The van der Waals surface area contributed by atoms with Crippen LogP contribution in [-0.2, 0) is 16.0 Å². The average Bonchev–Trinajstić information content (AvgIpc) is 2.27. The average molecular weight is 239 g/mol. The number of carboxylic acids is 1. The molecule has 1 amide bonds. The van der Waals surface area contributed by atoms with Crippen molar-refractivity contribution >= 4 is 24.5 Å². The summed E-state index contributed by atoms with van der Waals surface area (Å²) in [6, 6.07) is 9.44. The normalized spacial score (nSPS) is 11.8. The molecule has 0 aliphatic heterocycles. The van der Waals surface area contributed by atoms with Crippen molar-refractivity contribution in [3.63, 3.8) is 0 Å². The Morgan fingerprint density at radius 1 is 1.31 bits per heavy atom. The van der Waals surface area contributed by atoms with E-state index in [4.69, 9.17) is 5.11 Å². The zero-order valence-electron chi connectivity index (χ0n) is 8.59. The number of amides is 1. The molecule has 0 saturated carbocycles. The number of benzene rings is 1. The second-order valence-electron chi connectivity index (χ2n) is 3.32. The second kappa shape index (κ2) is 6.17. The van der Waals surface area contributed by atoms with Crippen LogP contribution in [0.1, 0.15) is 5.56 Å². The quantitative estimate of drug-likeness (QED) is 0.664. The number of carbonyl (C=O) groups excluding carboxylic acids is 1. The summed E-state index contributed by atoms with van der Waals surface area (Å²) in [7, 11) is 0. The highest BCUT2D eigenvalue weighted by Gasteiger charge is 2.14. The maximum Gasteiger partial charge on any atom is 0.322 e. The van der Waals surface area contributed by atoms with Crippen LogP contribution in [0.15, 0.2) is 30.3 Å². The lowest BCUT2D eigenvalue weighted by Gasteiger charge is -2.10. The lowest BCUT2D eigenvalue weighted by Crippen LogP contribution is -2.36. The highest BCUT2D eigenvalue weighted by atomic mass is 32.1. The Morgan fingerprint density at radius 2 is 1.94 bits per heavy atom. The van der Waals surface area contributed by atoms with Crippen molar-refractivity contribution in [1.82, 2.24) is 5.32 Å². The van der Waals surface area contributed by atoms with Gasteiger partial charge in [-0.3, -0.25) is 9.59 Å². The van der Waals surface area contributed by atoms with E-state index in [1.807, 2.05) is 30.3 Å². The van der Waals surface area contributed by atoms with E-state index in [-0.39, 0.29) is 12.5 Å². The number of nitrogens with one attached hydrogen (secondary N) is 1. The van der Waals surface area contributed by atoms with Crippen LogP contribution >= 0.6 is 12.6 Å². The van der Waals surface area contributed by atoms with Gasteiger partial charge in [-0.1, -0.05) is 30.3 Å². The molecule has 0 bridgehead atoms. The first-order valence-electron chi connectivity index (χ1n) is 4.81. The van der Waals surface area contributed by atoms with Gasteiger partial charge in [-0.25, -0.2) is 0 Å². The molecule has 0 spiro atoms. The Labute approximate surface area is 99.1 Å². The zero-order chi connectivity index (χ0) is 12.0. The highest BCUT2D eigenvalue weighted by Crippen LogP contribution is 2.07. The fourth-order valence-corrected chi connectivity index (χ4v) is 1.51. The SMILES string of the molecule is O=C(O)CNC(=O)C(S)Cc1ccccc1. The summed E-state index contributed by atoms with van der Waals surface area (Å²) < 4.78 is 0. The lowest BCUT2D eigenvalue weighted by molar-refractivity contribution is -0.137. The summed E-state index contributed by atoms with van der Waals surface area (Å²) in [4.78, 5) is 21.6. The van der Waals surface area contributed by atoms with E-state index < -0.39 is 11.2 Å². The summed E-state index contributed by atoms with van der Waals surface area (Å²) in [5, 5.41) is 10.2. The number of thiol groups is 1. The van der Waals surface area contributed by atoms with E-state index in [0.29, 0.717) is 6.42 Å². The fraction of sp³-hybridized carbons (Fsp3) is 0.273. The summed E-state index contributed by atoms with van der Waals surface area (Å²) in [6.07, 6.45) is 0.482. The van der Waals surface area contributed by atoms with E-state index in [1.165, 1.54) is 0 Å². The molecule has 0 aliphatic rings. The molecule has 4 nitrogen and oxygen atoms in total. The van der Waals surface area contributed by atoms with Crippen LogP contribution in [0.4, 0.5) is 0 Å². The number of rotatable bonds is 5. The summed E-state index contributed by atoms with van der Waals surface area (Å²) >= 11 is 4.13. The fourth-order valence-electron chi connectivity index (χ4n) is 1.21. The molecule has 1 aromatic carbocycles. The van der Waals surface area contributed by atoms with Crippen LogP contribution in [0.5, 0.6) is 0 Å². The molecule has 1 aromatic rings.